The third kappa shape index (κ3) is 3.22. The van der Waals surface area contributed by atoms with E-state index in [1.165, 1.54) is 12.1 Å². The number of benzene rings is 1. The second kappa shape index (κ2) is 6.19. The predicted octanol–water partition coefficient (Wildman–Crippen LogP) is 2.34. The van der Waals surface area contributed by atoms with Crippen LogP contribution in [-0.2, 0) is 11.3 Å². The fourth-order valence-corrected chi connectivity index (χ4v) is 2.96. The number of piperazine rings is 1. The SMILES string of the molecule is O=C1CN(c2ccnc(C3CC3)n2)CCN1Cc1ccc(F)cc1. The maximum atomic E-state index is 13.0. The van der Waals surface area contributed by atoms with Crippen LogP contribution in [0.1, 0.15) is 30.1 Å². The molecule has 124 valence electrons. The largest absolute Gasteiger partial charge is 0.345 e. The van der Waals surface area contributed by atoms with Gasteiger partial charge in [-0.1, -0.05) is 12.1 Å². The van der Waals surface area contributed by atoms with Crippen molar-refractivity contribution >= 4 is 11.7 Å². The van der Waals surface area contributed by atoms with Crippen LogP contribution >= 0.6 is 0 Å². The van der Waals surface area contributed by atoms with E-state index in [1.807, 2.05) is 15.9 Å². The standard InChI is InChI=1S/C18H19FN4O/c19-15-5-1-13(2-6-15)11-23-10-9-22(12-17(23)24)16-7-8-20-18(21-16)14-3-4-14/h1-2,5-8,14H,3-4,9-12H2. The summed E-state index contributed by atoms with van der Waals surface area (Å²) in [5.41, 5.74) is 0.941. The zero-order valence-electron chi connectivity index (χ0n) is 13.4. The molecule has 2 heterocycles. The molecule has 0 atom stereocenters. The molecule has 5 nitrogen and oxygen atoms in total. The lowest BCUT2D eigenvalue weighted by molar-refractivity contribution is -0.131. The van der Waals surface area contributed by atoms with Gasteiger partial charge in [0, 0.05) is 31.7 Å². The van der Waals surface area contributed by atoms with E-state index in [1.54, 1.807) is 18.3 Å². The van der Waals surface area contributed by atoms with Gasteiger partial charge < -0.3 is 9.80 Å². The third-order valence-electron chi connectivity index (χ3n) is 4.53. The van der Waals surface area contributed by atoms with Crippen molar-refractivity contribution in [1.82, 2.24) is 14.9 Å². The maximum absolute atomic E-state index is 13.0. The summed E-state index contributed by atoms with van der Waals surface area (Å²) >= 11 is 0. The molecular formula is C18H19FN4O. The minimum Gasteiger partial charge on any atom is -0.345 e. The Balaban J connectivity index is 1.41. The Morgan fingerprint density at radius 1 is 1.12 bits per heavy atom. The first kappa shape index (κ1) is 15.1. The summed E-state index contributed by atoms with van der Waals surface area (Å²) < 4.78 is 13.0. The van der Waals surface area contributed by atoms with E-state index in [0.29, 0.717) is 25.6 Å². The highest BCUT2D eigenvalue weighted by Gasteiger charge is 2.29. The van der Waals surface area contributed by atoms with Crippen LogP contribution in [0.15, 0.2) is 36.5 Å². The molecule has 4 rings (SSSR count). The fourth-order valence-electron chi connectivity index (χ4n) is 2.96. The van der Waals surface area contributed by atoms with Gasteiger partial charge in [-0.3, -0.25) is 4.79 Å². The highest BCUT2D eigenvalue weighted by Crippen LogP contribution is 2.38. The number of hydrogen-bond acceptors (Lipinski definition) is 4. The Hall–Kier alpha value is -2.50. The summed E-state index contributed by atoms with van der Waals surface area (Å²) in [6.07, 6.45) is 4.10. The van der Waals surface area contributed by atoms with Gasteiger partial charge in [-0.2, -0.15) is 0 Å². The third-order valence-corrected chi connectivity index (χ3v) is 4.53. The topological polar surface area (TPSA) is 49.3 Å². The van der Waals surface area contributed by atoms with Gasteiger partial charge in [0.15, 0.2) is 0 Å². The van der Waals surface area contributed by atoms with Crippen LogP contribution in [0.3, 0.4) is 0 Å². The van der Waals surface area contributed by atoms with Crippen molar-refractivity contribution in [3.05, 3.63) is 53.7 Å². The van der Waals surface area contributed by atoms with Gasteiger partial charge in [0.1, 0.15) is 17.5 Å². The molecule has 0 radical (unpaired) electrons. The van der Waals surface area contributed by atoms with Crippen molar-refractivity contribution in [2.45, 2.75) is 25.3 Å². The summed E-state index contributed by atoms with van der Waals surface area (Å²) in [4.78, 5) is 25.2. The molecule has 1 aromatic heterocycles. The second-order valence-electron chi connectivity index (χ2n) is 6.41. The Labute approximate surface area is 140 Å². The van der Waals surface area contributed by atoms with E-state index in [2.05, 4.69) is 9.97 Å². The first-order valence-electron chi connectivity index (χ1n) is 8.29. The molecule has 0 bridgehead atoms. The summed E-state index contributed by atoms with van der Waals surface area (Å²) in [6.45, 7) is 2.22. The van der Waals surface area contributed by atoms with Crippen molar-refractivity contribution in [2.24, 2.45) is 0 Å². The van der Waals surface area contributed by atoms with Gasteiger partial charge in [0.05, 0.1) is 6.54 Å². The Bertz CT molecular complexity index is 745. The van der Waals surface area contributed by atoms with E-state index >= 15 is 0 Å². The van der Waals surface area contributed by atoms with Gasteiger partial charge in [-0.25, -0.2) is 14.4 Å². The van der Waals surface area contributed by atoms with Gasteiger partial charge in [0.2, 0.25) is 5.91 Å². The van der Waals surface area contributed by atoms with Crippen molar-refractivity contribution < 1.29 is 9.18 Å². The van der Waals surface area contributed by atoms with Crippen LogP contribution in [0.25, 0.3) is 0 Å². The van der Waals surface area contributed by atoms with E-state index in [-0.39, 0.29) is 11.7 Å². The van der Waals surface area contributed by atoms with Crippen LogP contribution in [0, 0.1) is 5.82 Å². The highest BCUT2D eigenvalue weighted by molar-refractivity contribution is 5.82. The number of hydrogen-bond donors (Lipinski definition) is 0. The number of carbonyl (C=O) groups is 1. The number of carbonyl (C=O) groups excluding carboxylic acids is 1. The average molecular weight is 326 g/mol. The van der Waals surface area contributed by atoms with Crippen LogP contribution in [0.5, 0.6) is 0 Å². The second-order valence-corrected chi connectivity index (χ2v) is 6.41. The van der Waals surface area contributed by atoms with Gasteiger partial charge in [0.25, 0.3) is 0 Å². The molecule has 2 aliphatic rings. The minimum atomic E-state index is -0.259. The number of anilines is 1. The summed E-state index contributed by atoms with van der Waals surface area (Å²) in [7, 11) is 0. The van der Waals surface area contributed by atoms with Gasteiger partial charge in [-0.05, 0) is 36.6 Å². The molecule has 0 unspecified atom stereocenters. The smallest absolute Gasteiger partial charge is 0.242 e. The lowest BCUT2D eigenvalue weighted by atomic mass is 10.2. The van der Waals surface area contributed by atoms with E-state index < -0.39 is 0 Å². The summed E-state index contributed by atoms with van der Waals surface area (Å²) in [5, 5.41) is 0. The molecule has 0 N–H and O–H groups in total. The predicted molar refractivity (Wildman–Crippen MR) is 88.0 cm³/mol. The molecule has 1 aliphatic carbocycles. The lowest BCUT2D eigenvalue weighted by Crippen LogP contribution is -2.50. The number of rotatable bonds is 4. The summed E-state index contributed by atoms with van der Waals surface area (Å²) in [6, 6.07) is 8.17. The fraction of sp³-hybridized carbons (Fsp3) is 0.389. The van der Waals surface area contributed by atoms with E-state index in [0.717, 1.165) is 36.6 Å². The van der Waals surface area contributed by atoms with Crippen molar-refractivity contribution in [2.75, 3.05) is 24.5 Å². The molecule has 6 heteroatoms. The highest BCUT2D eigenvalue weighted by atomic mass is 19.1. The summed E-state index contributed by atoms with van der Waals surface area (Å²) in [5.74, 6) is 2.04. The maximum Gasteiger partial charge on any atom is 0.242 e. The first-order valence-corrected chi connectivity index (χ1v) is 8.29. The van der Waals surface area contributed by atoms with Crippen LogP contribution in [0.2, 0.25) is 0 Å². The van der Waals surface area contributed by atoms with Crippen LogP contribution in [-0.4, -0.2) is 40.4 Å². The molecule has 2 aromatic rings. The molecule has 1 amide bonds. The van der Waals surface area contributed by atoms with Crippen LogP contribution < -0.4 is 4.90 Å². The lowest BCUT2D eigenvalue weighted by Gasteiger charge is -2.35. The zero-order valence-corrected chi connectivity index (χ0v) is 13.4. The quantitative estimate of drug-likeness (QED) is 0.865. The van der Waals surface area contributed by atoms with Gasteiger partial charge in [-0.15, -0.1) is 0 Å². The van der Waals surface area contributed by atoms with Gasteiger partial charge >= 0.3 is 0 Å². The molecular weight excluding hydrogens is 307 g/mol. The zero-order chi connectivity index (χ0) is 16.5. The molecule has 2 fully saturated rings. The average Bonchev–Trinajstić information content (AvgIpc) is 3.44. The molecule has 1 aliphatic heterocycles. The van der Waals surface area contributed by atoms with Crippen molar-refractivity contribution in [3.63, 3.8) is 0 Å². The number of amides is 1. The van der Waals surface area contributed by atoms with Crippen molar-refractivity contribution in [3.8, 4) is 0 Å². The monoisotopic (exact) mass is 326 g/mol. The molecule has 1 saturated carbocycles. The van der Waals surface area contributed by atoms with E-state index in [4.69, 9.17) is 0 Å². The first-order chi connectivity index (χ1) is 11.7. The van der Waals surface area contributed by atoms with Crippen molar-refractivity contribution in [1.29, 1.82) is 0 Å². The Morgan fingerprint density at radius 2 is 1.92 bits per heavy atom. The number of halogens is 1. The number of nitrogens with zero attached hydrogens (tertiary/aromatic N) is 4. The van der Waals surface area contributed by atoms with E-state index in [9.17, 15) is 9.18 Å². The Kier molecular flexibility index (Phi) is 3.88. The molecule has 1 saturated heterocycles. The van der Waals surface area contributed by atoms with Crippen LogP contribution in [0.4, 0.5) is 10.2 Å². The molecule has 0 spiro atoms. The Morgan fingerprint density at radius 3 is 2.62 bits per heavy atom. The normalized spacial score (nSPS) is 18.1. The molecule has 1 aromatic carbocycles. The minimum absolute atomic E-state index is 0.0668. The molecule has 24 heavy (non-hydrogen) atoms. The number of aromatic nitrogens is 2.